The van der Waals surface area contributed by atoms with E-state index in [0.717, 1.165) is 12.2 Å². The maximum Gasteiger partial charge on any atom is 0.211 e. The van der Waals surface area contributed by atoms with Gasteiger partial charge in [0, 0.05) is 11.8 Å². The summed E-state index contributed by atoms with van der Waals surface area (Å²) >= 11 is 4.36. The first-order valence-electron chi connectivity index (χ1n) is 5.79. The molecule has 1 aliphatic rings. The molecule has 0 saturated carbocycles. The standard InChI is InChI=1S/C12H17NO3S2/c1-18(14,15)13-8-12(17)7-10(13)9-16-11-5-3-2-4-6-11/h2-6,10,12,17H,7-9H2,1H3. The van der Waals surface area contributed by atoms with E-state index in [4.69, 9.17) is 4.74 Å². The third kappa shape index (κ3) is 3.40. The Morgan fingerprint density at radius 2 is 2.06 bits per heavy atom. The molecule has 2 unspecified atom stereocenters. The number of para-hydroxylation sites is 1. The largest absolute Gasteiger partial charge is 0.492 e. The van der Waals surface area contributed by atoms with E-state index < -0.39 is 10.0 Å². The van der Waals surface area contributed by atoms with Gasteiger partial charge in [0.2, 0.25) is 10.0 Å². The van der Waals surface area contributed by atoms with E-state index in [9.17, 15) is 8.42 Å². The van der Waals surface area contributed by atoms with Gasteiger partial charge in [0.25, 0.3) is 0 Å². The van der Waals surface area contributed by atoms with Crippen molar-refractivity contribution in [2.24, 2.45) is 0 Å². The minimum absolute atomic E-state index is 0.0871. The Hall–Kier alpha value is -0.720. The van der Waals surface area contributed by atoms with E-state index >= 15 is 0 Å². The van der Waals surface area contributed by atoms with Crippen LogP contribution in [0.2, 0.25) is 0 Å². The van der Waals surface area contributed by atoms with Crippen molar-refractivity contribution in [3.8, 4) is 5.75 Å². The average molecular weight is 287 g/mol. The summed E-state index contributed by atoms with van der Waals surface area (Å²) in [4.78, 5) is 0. The maximum atomic E-state index is 11.6. The zero-order valence-electron chi connectivity index (χ0n) is 10.2. The van der Waals surface area contributed by atoms with Crippen LogP contribution in [0.25, 0.3) is 0 Å². The topological polar surface area (TPSA) is 46.6 Å². The van der Waals surface area contributed by atoms with Crippen molar-refractivity contribution in [1.29, 1.82) is 0 Å². The second-order valence-corrected chi connectivity index (χ2v) is 7.17. The first kappa shape index (κ1) is 13.7. The van der Waals surface area contributed by atoms with Crippen LogP contribution in [0, 0.1) is 0 Å². The molecule has 0 radical (unpaired) electrons. The van der Waals surface area contributed by atoms with Crippen LogP contribution in [0.5, 0.6) is 5.75 Å². The molecule has 2 rings (SSSR count). The lowest BCUT2D eigenvalue weighted by Crippen LogP contribution is -2.38. The predicted octanol–water partition coefficient (Wildman–Crippen LogP) is 1.40. The molecule has 0 spiro atoms. The highest BCUT2D eigenvalue weighted by atomic mass is 32.2. The lowest BCUT2D eigenvalue weighted by Gasteiger charge is -2.22. The van der Waals surface area contributed by atoms with E-state index in [0.29, 0.717) is 13.2 Å². The van der Waals surface area contributed by atoms with E-state index in [1.807, 2.05) is 30.3 Å². The summed E-state index contributed by atoms with van der Waals surface area (Å²) < 4.78 is 30.4. The fraction of sp³-hybridized carbons (Fsp3) is 0.500. The van der Waals surface area contributed by atoms with Gasteiger partial charge in [0.1, 0.15) is 12.4 Å². The number of ether oxygens (including phenoxy) is 1. The fourth-order valence-electron chi connectivity index (χ4n) is 2.13. The van der Waals surface area contributed by atoms with Crippen LogP contribution in [0.4, 0.5) is 0 Å². The molecule has 2 atom stereocenters. The van der Waals surface area contributed by atoms with Crippen molar-refractivity contribution in [2.75, 3.05) is 19.4 Å². The van der Waals surface area contributed by atoms with E-state index in [2.05, 4.69) is 12.6 Å². The minimum Gasteiger partial charge on any atom is -0.492 e. The van der Waals surface area contributed by atoms with Crippen molar-refractivity contribution in [1.82, 2.24) is 4.31 Å². The molecule has 6 heteroatoms. The molecule has 1 saturated heterocycles. The zero-order chi connectivity index (χ0) is 13.2. The second kappa shape index (κ2) is 5.50. The van der Waals surface area contributed by atoms with Gasteiger partial charge in [-0.05, 0) is 18.6 Å². The lowest BCUT2D eigenvalue weighted by molar-refractivity contribution is 0.233. The molecule has 1 heterocycles. The minimum atomic E-state index is -3.18. The molecule has 1 aromatic carbocycles. The SMILES string of the molecule is CS(=O)(=O)N1CC(S)CC1COc1ccccc1. The number of sulfonamides is 1. The molecule has 4 nitrogen and oxygen atoms in total. The molecular weight excluding hydrogens is 270 g/mol. The second-order valence-electron chi connectivity index (χ2n) is 4.50. The van der Waals surface area contributed by atoms with Crippen LogP contribution in [-0.2, 0) is 10.0 Å². The number of hydrogen-bond acceptors (Lipinski definition) is 4. The molecule has 0 aromatic heterocycles. The summed E-state index contributed by atoms with van der Waals surface area (Å²) in [7, 11) is -3.18. The van der Waals surface area contributed by atoms with Crippen molar-refractivity contribution in [3.05, 3.63) is 30.3 Å². The molecule has 1 aromatic rings. The van der Waals surface area contributed by atoms with Gasteiger partial charge in [-0.1, -0.05) is 18.2 Å². The van der Waals surface area contributed by atoms with Crippen molar-refractivity contribution >= 4 is 22.7 Å². The van der Waals surface area contributed by atoms with Gasteiger partial charge in [-0.25, -0.2) is 8.42 Å². The van der Waals surface area contributed by atoms with E-state index in [1.165, 1.54) is 10.6 Å². The molecule has 0 amide bonds. The third-order valence-corrected chi connectivity index (χ3v) is 4.63. The Balaban J connectivity index is 2.00. The number of hydrogen-bond donors (Lipinski definition) is 1. The third-order valence-electron chi connectivity index (χ3n) is 2.95. The van der Waals surface area contributed by atoms with E-state index in [-0.39, 0.29) is 11.3 Å². The Labute approximate surface area is 113 Å². The van der Waals surface area contributed by atoms with Gasteiger partial charge in [0.15, 0.2) is 0 Å². The average Bonchev–Trinajstić information content (AvgIpc) is 2.69. The van der Waals surface area contributed by atoms with Crippen molar-refractivity contribution in [2.45, 2.75) is 17.7 Å². The monoisotopic (exact) mass is 287 g/mol. The number of nitrogens with zero attached hydrogens (tertiary/aromatic N) is 1. The fourth-order valence-corrected chi connectivity index (χ4v) is 3.80. The smallest absolute Gasteiger partial charge is 0.211 e. The Morgan fingerprint density at radius 3 is 2.67 bits per heavy atom. The number of thiol groups is 1. The molecule has 0 aliphatic carbocycles. The van der Waals surface area contributed by atoms with Crippen LogP contribution in [-0.4, -0.2) is 43.4 Å². The highest BCUT2D eigenvalue weighted by Gasteiger charge is 2.36. The summed E-state index contributed by atoms with van der Waals surface area (Å²) in [6, 6.07) is 9.28. The van der Waals surface area contributed by atoms with Gasteiger partial charge < -0.3 is 4.74 Å². The number of benzene rings is 1. The van der Waals surface area contributed by atoms with Crippen LogP contribution in [0.1, 0.15) is 6.42 Å². The van der Waals surface area contributed by atoms with Crippen LogP contribution < -0.4 is 4.74 Å². The molecule has 1 aliphatic heterocycles. The van der Waals surface area contributed by atoms with Crippen molar-refractivity contribution < 1.29 is 13.2 Å². The maximum absolute atomic E-state index is 11.6. The van der Waals surface area contributed by atoms with E-state index in [1.54, 1.807) is 0 Å². The van der Waals surface area contributed by atoms with Gasteiger partial charge in [-0.2, -0.15) is 16.9 Å². The Kier molecular flexibility index (Phi) is 4.19. The van der Waals surface area contributed by atoms with Crippen LogP contribution >= 0.6 is 12.6 Å². The Morgan fingerprint density at radius 1 is 1.39 bits per heavy atom. The van der Waals surface area contributed by atoms with Gasteiger partial charge in [0.05, 0.1) is 12.3 Å². The van der Waals surface area contributed by atoms with Crippen LogP contribution in [0.15, 0.2) is 30.3 Å². The number of rotatable bonds is 4. The predicted molar refractivity (Wildman–Crippen MR) is 74.7 cm³/mol. The zero-order valence-corrected chi connectivity index (χ0v) is 11.9. The normalized spacial score (nSPS) is 25.2. The van der Waals surface area contributed by atoms with Gasteiger partial charge >= 0.3 is 0 Å². The lowest BCUT2D eigenvalue weighted by atomic mass is 10.2. The first-order valence-corrected chi connectivity index (χ1v) is 8.16. The van der Waals surface area contributed by atoms with Gasteiger partial charge in [-0.15, -0.1) is 0 Å². The summed E-state index contributed by atoms with van der Waals surface area (Å²) in [5.41, 5.74) is 0. The molecule has 18 heavy (non-hydrogen) atoms. The molecule has 0 bridgehead atoms. The highest BCUT2D eigenvalue weighted by molar-refractivity contribution is 7.88. The molecular formula is C12H17NO3S2. The summed E-state index contributed by atoms with van der Waals surface area (Å²) in [6.07, 6.45) is 1.96. The molecule has 100 valence electrons. The summed E-state index contributed by atoms with van der Waals surface area (Å²) in [5.74, 6) is 0.758. The molecule has 1 fully saturated rings. The summed E-state index contributed by atoms with van der Waals surface area (Å²) in [6.45, 7) is 0.832. The highest BCUT2D eigenvalue weighted by Crippen LogP contribution is 2.25. The first-order chi connectivity index (χ1) is 8.47. The summed E-state index contributed by atoms with van der Waals surface area (Å²) in [5, 5.41) is 0.0871. The quantitative estimate of drug-likeness (QED) is 0.852. The van der Waals surface area contributed by atoms with Crippen molar-refractivity contribution in [3.63, 3.8) is 0 Å². The molecule has 0 N–H and O–H groups in total. The van der Waals surface area contributed by atoms with Crippen LogP contribution in [0.3, 0.4) is 0 Å². The Bertz CT molecular complexity index is 489. The van der Waals surface area contributed by atoms with Gasteiger partial charge in [-0.3, -0.25) is 0 Å².